The Morgan fingerprint density at radius 3 is 2.78 bits per heavy atom. The summed E-state index contributed by atoms with van der Waals surface area (Å²) in [4.78, 5) is 34.6. The van der Waals surface area contributed by atoms with E-state index in [9.17, 15) is 9.59 Å². The number of benzene rings is 1. The van der Waals surface area contributed by atoms with Gasteiger partial charge in [-0.25, -0.2) is 4.79 Å². The summed E-state index contributed by atoms with van der Waals surface area (Å²) in [5.41, 5.74) is 3.47. The first-order chi connectivity index (χ1) is 15.5. The fourth-order valence-electron chi connectivity index (χ4n) is 3.34. The zero-order valence-electron chi connectivity index (χ0n) is 17.7. The number of anilines is 3. The van der Waals surface area contributed by atoms with Crippen molar-refractivity contribution < 1.29 is 9.59 Å². The second-order valence-electron chi connectivity index (χ2n) is 8.01. The third kappa shape index (κ3) is 4.04. The third-order valence-electron chi connectivity index (χ3n) is 5.20. The van der Waals surface area contributed by atoms with E-state index in [0.29, 0.717) is 35.7 Å². The number of hydrogen-bond acceptors (Lipinski definition) is 8. The fraction of sp³-hybridized carbons (Fsp3) is 0.286. The molecule has 1 aliphatic heterocycles. The summed E-state index contributed by atoms with van der Waals surface area (Å²) in [5.74, 6) is 0.529. The van der Waals surface area contributed by atoms with E-state index in [-0.39, 0.29) is 5.70 Å². The summed E-state index contributed by atoms with van der Waals surface area (Å²) in [5, 5.41) is 15.7. The van der Waals surface area contributed by atoms with E-state index in [1.165, 1.54) is 0 Å². The molecule has 11 nitrogen and oxygen atoms in total. The number of amides is 3. The molecule has 0 atom stereocenters. The van der Waals surface area contributed by atoms with E-state index in [0.717, 1.165) is 24.1 Å². The number of fused-ring (bicyclic) bond motifs is 1. The summed E-state index contributed by atoms with van der Waals surface area (Å²) in [6.07, 6.45) is 5.31. The molecule has 32 heavy (non-hydrogen) atoms. The minimum Gasteiger partial charge on any atom is -0.378 e. The predicted octanol–water partition coefficient (Wildman–Crippen LogP) is 1.56. The molecule has 1 aliphatic carbocycles. The Balaban J connectivity index is 1.47. The highest BCUT2D eigenvalue weighted by molar-refractivity contribution is 6.14. The highest BCUT2D eigenvalue weighted by atomic mass is 16.2. The quantitative estimate of drug-likeness (QED) is 0.326. The molecule has 11 heteroatoms. The first-order valence-electron chi connectivity index (χ1n) is 10.3. The molecule has 3 aromatic rings. The van der Waals surface area contributed by atoms with E-state index in [1.54, 1.807) is 16.8 Å². The van der Waals surface area contributed by atoms with E-state index in [1.807, 2.05) is 37.2 Å². The number of nitrogens with zero attached hydrogens (tertiary/aromatic N) is 5. The van der Waals surface area contributed by atoms with Gasteiger partial charge in [0.2, 0.25) is 11.9 Å². The lowest BCUT2D eigenvalue weighted by atomic mass is 10.2. The van der Waals surface area contributed by atoms with Crippen LogP contribution in [0.25, 0.3) is 11.7 Å². The van der Waals surface area contributed by atoms with Crippen molar-refractivity contribution >= 4 is 41.2 Å². The molecule has 0 spiro atoms. The molecule has 2 fully saturated rings. The highest BCUT2D eigenvalue weighted by Gasteiger charge is 2.26. The molecule has 164 valence electrons. The lowest BCUT2D eigenvalue weighted by Crippen LogP contribution is -2.22. The largest absolute Gasteiger partial charge is 0.378 e. The summed E-state index contributed by atoms with van der Waals surface area (Å²) in [6.45, 7) is 0.545. The first kappa shape index (κ1) is 19.8. The maximum absolute atomic E-state index is 11.9. The van der Waals surface area contributed by atoms with Gasteiger partial charge in [0.05, 0.1) is 6.20 Å². The van der Waals surface area contributed by atoms with Crippen LogP contribution in [0.1, 0.15) is 24.0 Å². The maximum atomic E-state index is 11.9. The molecule has 2 aliphatic rings. The fourth-order valence-corrected chi connectivity index (χ4v) is 3.34. The summed E-state index contributed by atoms with van der Waals surface area (Å²) < 4.78 is 1.61. The van der Waals surface area contributed by atoms with Crippen molar-refractivity contribution in [3.63, 3.8) is 0 Å². The van der Waals surface area contributed by atoms with Crippen molar-refractivity contribution in [3.8, 4) is 0 Å². The minimum atomic E-state index is -0.550. The van der Waals surface area contributed by atoms with Gasteiger partial charge in [-0.3, -0.25) is 10.1 Å². The smallest absolute Gasteiger partial charge is 0.326 e. The van der Waals surface area contributed by atoms with Gasteiger partial charge in [-0.15, -0.1) is 0 Å². The lowest BCUT2D eigenvalue weighted by molar-refractivity contribution is -0.115. The lowest BCUT2D eigenvalue weighted by Gasteiger charge is -2.14. The van der Waals surface area contributed by atoms with Crippen LogP contribution in [0.5, 0.6) is 0 Å². The van der Waals surface area contributed by atoms with Crippen molar-refractivity contribution in [2.24, 2.45) is 0 Å². The van der Waals surface area contributed by atoms with Gasteiger partial charge in [0.1, 0.15) is 5.70 Å². The number of imide groups is 1. The second kappa shape index (κ2) is 7.84. The summed E-state index contributed by atoms with van der Waals surface area (Å²) in [6, 6.07) is 8.02. The Kier molecular flexibility index (Phi) is 4.85. The average molecular weight is 433 g/mol. The van der Waals surface area contributed by atoms with Gasteiger partial charge in [-0.05, 0) is 36.6 Å². The van der Waals surface area contributed by atoms with E-state index in [2.05, 4.69) is 42.4 Å². The van der Waals surface area contributed by atoms with Crippen LogP contribution in [-0.4, -0.2) is 51.7 Å². The van der Waals surface area contributed by atoms with Gasteiger partial charge in [0, 0.05) is 37.9 Å². The van der Waals surface area contributed by atoms with Gasteiger partial charge in [-0.1, -0.05) is 12.1 Å². The van der Waals surface area contributed by atoms with Crippen LogP contribution in [0, 0.1) is 0 Å². The number of urea groups is 1. The zero-order chi connectivity index (χ0) is 22.2. The normalized spacial score (nSPS) is 16.9. The number of nitrogens with one attached hydrogen (secondary N) is 4. The van der Waals surface area contributed by atoms with Crippen LogP contribution < -0.4 is 26.2 Å². The first-order valence-corrected chi connectivity index (χ1v) is 10.3. The van der Waals surface area contributed by atoms with E-state index in [4.69, 9.17) is 0 Å². The van der Waals surface area contributed by atoms with Crippen molar-refractivity contribution in [2.75, 3.05) is 29.6 Å². The Morgan fingerprint density at radius 1 is 1.22 bits per heavy atom. The Bertz CT molecular complexity index is 1240. The molecular formula is C21H23N9O2. The second-order valence-corrected chi connectivity index (χ2v) is 8.01. The number of carbonyl (C=O) groups excluding carboxylic acids is 2. The molecule has 2 aromatic heterocycles. The van der Waals surface area contributed by atoms with Crippen LogP contribution in [0.4, 0.5) is 22.4 Å². The van der Waals surface area contributed by atoms with Gasteiger partial charge in [0.15, 0.2) is 5.65 Å². The predicted molar refractivity (Wildman–Crippen MR) is 120 cm³/mol. The number of aromatic nitrogens is 4. The monoisotopic (exact) mass is 433 g/mol. The van der Waals surface area contributed by atoms with Crippen molar-refractivity contribution in [1.29, 1.82) is 0 Å². The summed E-state index contributed by atoms with van der Waals surface area (Å²) in [7, 11) is 4.00. The average Bonchev–Trinajstić information content (AvgIpc) is 3.41. The summed E-state index contributed by atoms with van der Waals surface area (Å²) >= 11 is 0. The standard InChI is InChI=1S/C21H23N9O2/c1-29(2)15-5-3-4-12(8-15)10-22-19-26-17-13(9-16-18(31)27-21(32)25-16)11-23-30(17)20(28-19)24-14-6-7-14/h3-5,8-9,11,14H,6-7,10H2,1-2H3,(H2,22,24,26,28)(H2,25,27,31,32)/b16-9-. The number of hydrogen-bond donors (Lipinski definition) is 4. The zero-order valence-corrected chi connectivity index (χ0v) is 17.7. The van der Waals surface area contributed by atoms with Crippen LogP contribution in [0.2, 0.25) is 0 Å². The number of carbonyl (C=O) groups is 2. The van der Waals surface area contributed by atoms with Crippen LogP contribution in [-0.2, 0) is 11.3 Å². The number of rotatable bonds is 7. The van der Waals surface area contributed by atoms with Gasteiger partial charge in [0.25, 0.3) is 5.91 Å². The SMILES string of the molecule is CN(C)c1cccc(CNc2nc(NC3CC3)n3ncc(/C=C4\NC(=O)NC4=O)c3n2)c1. The van der Waals surface area contributed by atoms with Crippen molar-refractivity contribution in [3.05, 3.63) is 47.3 Å². The van der Waals surface area contributed by atoms with Crippen LogP contribution >= 0.6 is 0 Å². The molecule has 4 N–H and O–H groups in total. The topological polar surface area (TPSA) is 129 Å². The Labute approximate surface area is 183 Å². The van der Waals surface area contributed by atoms with Gasteiger partial charge in [-0.2, -0.15) is 19.6 Å². The molecule has 5 rings (SSSR count). The molecule has 3 heterocycles. The molecule has 1 saturated carbocycles. The van der Waals surface area contributed by atoms with Gasteiger partial charge < -0.3 is 20.9 Å². The van der Waals surface area contributed by atoms with E-state index < -0.39 is 11.9 Å². The Hall–Kier alpha value is -4.15. The Morgan fingerprint density at radius 2 is 2.06 bits per heavy atom. The minimum absolute atomic E-state index is 0.148. The molecule has 0 bridgehead atoms. The van der Waals surface area contributed by atoms with Crippen molar-refractivity contribution in [2.45, 2.75) is 25.4 Å². The molecule has 1 saturated heterocycles. The molecular weight excluding hydrogens is 410 g/mol. The van der Waals surface area contributed by atoms with Crippen molar-refractivity contribution in [1.82, 2.24) is 30.2 Å². The van der Waals surface area contributed by atoms with E-state index >= 15 is 0 Å². The van der Waals surface area contributed by atoms with Gasteiger partial charge >= 0.3 is 6.03 Å². The molecule has 0 unspecified atom stereocenters. The maximum Gasteiger partial charge on any atom is 0.326 e. The highest BCUT2D eigenvalue weighted by Crippen LogP contribution is 2.26. The van der Waals surface area contributed by atoms with Crippen LogP contribution in [0.15, 0.2) is 36.2 Å². The third-order valence-corrected chi connectivity index (χ3v) is 5.20. The molecule has 0 radical (unpaired) electrons. The molecule has 3 amide bonds. The molecule has 1 aromatic carbocycles. The van der Waals surface area contributed by atoms with Crippen LogP contribution in [0.3, 0.4) is 0 Å².